The molecular weight excluding hydrogens is 701 g/mol. The Morgan fingerprint density at radius 1 is 0.509 bits per heavy atom. The highest BCUT2D eigenvalue weighted by molar-refractivity contribution is 6.25. The van der Waals surface area contributed by atoms with E-state index in [1.807, 2.05) is 36.4 Å². The first-order valence-electron chi connectivity index (χ1n) is 19.3. The summed E-state index contributed by atoms with van der Waals surface area (Å²) in [5.41, 5.74) is 12.1. The molecule has 1 aliphatic rings. The molecule has 270 valence electrons. The van der Waals surface area contributed by atoms with E-state index in [0.717, 1.165) is 94.3 Å². The molecule has 4 heterocycles. The summed E-state index contributed by atoms with van der Waals surface area (Å²) in [4.78, 5) is 5.14. The molecule has 0 saturated carbocycles. The highest BCUT2D eigenvalue weighted by Crippen LogP contribution is 2.43. The topological polar surface area (TPSA) is 69.7 Å². The first kappa shape index (κ1) is 31.9. The van der Waals surface area contributed by atoms with Crippen molar-refractivity contribution in [3.8, 4) is 16.8 Å². The van der Waals surface area contributed by atoms with E-state index in [1.54, 1.807) is 0 Å². The summed E-state index contributed by atoms with van der Waals surface area (Å²) in [5, 5.41) is 15.5. The maximum absolute atomic E-state index is 6.60. The fourth-order valence-electron chi connectivity index (χ4n) is 8.75. The second kappa shape index (κ2) is 12.6. The molecule has 1 aliphatic heterocycles. The molecule has 11 aromatic rings. The Balaban J connectivity index is 1.02. The lowest BCUT2D eigenvalue weighted by Crippen LogP contribution is -2.31. The number of fused-ring (bicyclic) bond motifs is 10. The number of hydrogen-bond donors (Lipinski definition) is 1. The molecule has 6 heteroatoms. The molecule has 0 aliphatic carbocycles. The Labute approximate surface area is 327 Å². The van der Waals surface area contributed by atoms with Gasteiger partial charge in [0.05, 0.1) is 16.4 Å². The zero-order valence-electron chi connectivity index (χ0n) is 30.6. The molecule has 57 heavy (non-hydrogen) atoms. The van der Waals surface area contributed by atoms with Gasteiger partial charge in [0, 0.05) is 50.5 Å². The smallest absolute Gasteiger partial charge is 0.143 e. The fraction of sp³-hybridized carbons (Fsp3) is 0.0392. The first-order valence-corrected chi connectivity index (χ1v) is 19.3. The van der Waals surface area contributed by atoms with E-state index < -0.39 is 0 Å². The number of benzene rings is 8. The van der Waals surface area contributed by atoms with Gasteiger partial charge in [0.15, 0.2) is 0 Å². The number of furan rings is 2. The lowest BCUT2D eigenvalue weighted by molar-refractivity contribution is 0.488. The molecule has 0 saturated heterocycles. The fourth-order valence-corrected chi connectivity index (χ4v) is 8.75. The molecule has 0 spiro atoms. The SMILES string of the molecule is c1ccc(C2=NC(c3ccc(-n4c5ccccc5c5ccc6oc7ccc(-c8cccc9c8oc8ccccc89)cc7c6c54)cc3)NC(c3ccccc3)[N-]2)cc1. The Morgan fingerprint density at radius 2 is 1.23 bits per heavy atom. The molecule has 2 atom stereocenters. The van der Waals surface area contributed by atoms with Crippen LogP contribution in [0, 0.1) is 0 Å². The van der Waals surface area contributed by atoms with E-state index >= 15 is 0 Å². The van der Waals surface area contributed by atoms with E-state index in [0.29, 0.717) is 0 Å². The van der Waals surface area contributed by atoms with Gasteiger partial charge in [-0.05, 0) is 70.8 Å². The second-order valence-corrected chi connectivity index (χ2v) is 14.7. The van der Waals surface area contributed by atoms with Crippen molar-refractivity contribution in [1.82, 2.24) is 9.88 Å². The summed E-state index contributed by atoms with van der Waals surface area (Å²) in [6, 6.07) is 63.5. The number of nitrogens with zero attached hydrogens (tertiary/aromatic N) is 3. The standard InChI is InChI=1S/C51H33N4O2/c1-3-12-31(13-4-1)49-52-50(32-14-5-2-6-15-32)54-51(53-49)33-22-25-35(26-23-33)55-42-20-9-7-16-37(42)39-27-29-45-46(47(39)55)41-30-34(24-28-44(41)56-45)36-18-11-19-40-38-17-8-10-21-43(38)57-48(36)40/h1-30,49,51,53H/q-1. The quantitative estimate of drug-likeness (QED) is 0.191. The van der Waals surface area contributed by atoms with Crippen LogP contribution in [0.5, 0.6) is 0 Å². The van der Waals surface area contributed by atoms with Crippen molar-refractivity contribution in [2.75, 3.05) is 0 Å². The Kier molecular flexibility index (Phi) is 7.03. The first-order chi connectivity index (χ1) is 28.2. The van der Waals surface area contributed by atoms with Gasteiger partial charge in [-0.3, -0.25) is 0 Å². The van der Waals surface area contributed by atoms with Gasteiger partial charge in [-0.15, -0.1) is 0 Å². The van der Waals surface area contributed by atoms with Crippen molar-refractivity contribution in [3.63, 3.8) is 0 Å². The lowest BCUT2D eigenvalue weighted by atomic mass is 9.99. The van der Waals surface area contributed by atoms with Crippen molar-refractivity contribution in [3.05, 3.63) is 204 Å². The molecule has 12 rings (SSSR count). The summed E-state index contributed by atoms with van der Waals surface area (Å²) in [5.74, 6) is 0.741. The minimum Gasteiger partial charge on any atom is -0.456 e. The van der Waals surface area contributed by atoms with Crippen LogP contribution < -0.4 is 5.32 Å². The molecule has 0 fully saturated rings. The monoisotopic (exact) mass is 733 g/mol. The summed E-state index contributed by atoms with van der Waals surface area (Å²) in [7, 11) is 0. The van der Waals surface area contributed by atoms with E-state index in [4.69, 9.17) is 19.1 Å². The zero-order valence-corrected chi connectivity index (χ0v) is 30.6. The van der Waals surface area contributed by atoms with Crippen LogP contribution in [-0.2, 0) is 0 Å². The van der Waals surface area contributed by atoms with Crippen molar-refractivity contribution in [1.29, 1.82) is 0 Å². The maximum Gasteiger partial charge on any atom is 0.143 e. The van der Waals surface area contributed by atoms with Gasteiger partial charge >= 0.3 is 0 Å². The van der Waals surface area contributed by atoms with Crippen LogP contribution in [0.2, 0.25) is 0 Å². The Hall–Kier alpha value is -7.41. The van der Waals surface area contributed by atoms with Crippen molar-refractivity contribution in [2.24, 2.45) is 4.99 Å². The van der Waals surface area contributed by atoms with Crippen molar-refractivity contribution < 1.29 is 8.83 Å². The molecule has 2 unspecified atom stereocenters. The van der Waals surface area contributed by atoms with Gasteiger partial charge in [-0.1, -0.05) is 139 Å². The third-order valence-corrected chi connectivity index (χ3v) is 11.4. The van der Waals surface area contributed by atoms with Gasteiger partial charge in [0.2, 0.25) is 0 Å². The Bertz CT molecular complexity index is 3360. The van der Waals surface area contributed by atoms with Crippen LogP contribution in [0.1, 0.15) is 29.0 Å². The van der Waals surface area contributed by atoms with E-state index in [1.165, 1.54) is 10.8 Å². The number of nitrogens with one attached hydrogen (secondary N) is 1. The van der Waals surface area contributed by atoms with Crippen LogP contribution in [0.25, 0.3) is 87.8 Å². The Morgan fingerprint density at radius 3 is 2.09 bits per heavy atom. The van der Waals surface area contributed by atoms with Gasteiger partial charge in [-0.2, -0.15) is 0 Å². The van der Waals surface area contributed by atoms with Crippen LogP contribution in [0.3, 0.4) is 0 Å². The molecule has 0 amide bonds. The van der Waals surface area contributed by atoms with Gasteiger partial charge in [0.25, 0.3) is 0 Å². The number of amidine groups is 1. The minimum absolute atomic E-state index is 0.229. The van der Waals surface area contributed by atoms with E-state index in [-0.39, 0.29) is 12.3 Å². The molecule has 8 aromatic carbocycles. The van der Waals surface area contributed by atoms with Crippen molar-refractivity contribution in [2.45, 2.75) is 12.3 Å². The van der Waals surface area contributed by atoms with E-state index in [2.05, 4.69) is 155 Å². The average molecular weight is 734 g/mol. The van der Waals surface area contributed by atoms with Crippen LogP contribution in [0.15, 0.2) is 196 Å². The van der Waals surface area contributed by atoms with Crippen LogP contribution >= 0.6 is 0 Å². The largest absolute Gasteiger partial charge is 0.456 e. The van der Waals surface area contributed by atoms with Gasteiger partial charge in [0.1, 0.15) is 22.3 Å². The lowest BCUT2D eigenvalue weighted by Gasteiger charge is -2.40. The molecule has 3 aromatic heterocycles. The summed E-state index contributed by atoms with van der Waals surface area (Å²) in [6.45, 7) is 0. The number of aliphatic imine (C=N–C) groups is 1. The number of para-hydroxylation sites is 3. The second-order valence-electron chi connectivity index (χ2n) is 14.7. The predicted octanol–water partition coefficient (Wildman–Crippen LogP) is 13.4. The predicted molar refractivity (Wildman–Crippen MR) is 232 cm³/mol. The van der Waals surface area contributed by atoms with E-state index in [9.17, 15) is 0 Å². The molecule has 0 radical (unpaired) electrons. The zero-order chi connectivity index (χ0) is 37.5. The summed E-state index contributed by atoms with van der Waals surface area (Å²) < 4.78 is 15.4. The summed E-state index contributed by atoms with van der Waals surface area (Å²) in [6.07, 6.45) is -0.512. The number of rotatable bonds is 5. The normalized spacial score (nSPS) is 15.9. The van der Waals surface area contributed by atoms with Gasteiger partial charge < -0.3 is 29.0 Å². The van der Waals surface area contributed by atoms with Crippen molar-refractivity contribution >= 4 is 71.5 Å². The third kappa shape index (κ3) is 5.04. The summed E-state index contributed by atoms with van der Waals surface area (Å²) >= 11 is 0. The average Bonchev–Trinajstić information content (AvgIpc) is 3.96. The van der Waals surface area contributed by atoms with Crippen LogP contribution in [0.4, 0.5) is 0 Å². The number of hydrogen-bond acceptors (Lipinski definition) is 4. The van der Waals surface area contributed by atoms with Crippen LogP contribution in [-0.4, -0.2) is 10.4 Å². The molecule has 6 nitrogen and oxygen atoms in total. The highest BCUT2D eigenvalue weighted by Gasteiger charge is 2.22. The molecular formula is C51H33N4O2-. The van der Waals surface area contributed by atoms with Gasteiger partial charge in [-0.25, -0.2) is 0 Å². The number of aromatic nitrogens is 1. The molecule has 1 N–H and O–H groups in total. The minimum atomic E-state index is -0.283. The third-order valence-electron chi connectivity index (χ3n) is 11.4. The maximum atomic E-state index is 6.60. The molecule has 0 bridgehead atoms. The highest BCUT2D eigenvalue weighted by atomic mass is 16.3.